The second-order valence-corrected chi connectivity index (χ2v) is 5.97. The molecule has 5 nitrogen and oxygen atoms in total. The predicted molar refractivity (Wildman–Crippen MR) is 66.1 cm³/mol. The Labute approximate surface area is 108 Å². The van der Waals surface area contributed by atoms with Gasteiger partial charge in [-0.15, -0.1) is 0 Å². The van der Waals surface area contributed by atoms with Crippen molar-refractivity contribution in [2.75, 3.05) is 0 Å². The quantitative estimate of drug-likeness (QED) is 0.858. The number of benzene rings is 1. The zero-order chi connectivity index (χ0) is 13.2. The molecule has 0 saturated heterocycles. The molecule has 0 spiro atoms. The Morgan fingerprint density at radius 3 is 2.47 bits per heavy atom. The highest BCUT2D eigenvalue weighted by molar-refractivity contribution is 9.10. The monoisotopic (exact) mass is 321 g/mol. The van der Waals surface area contributed by atoms with Crippen LogP contribution in [-0.2, 0) is 14.8 Å². The van der Waals surface area contributed by atoms with Crippen LogP contribution in [0.15, 0.2) is 27.6 Å². The lowest BCUT2D eigenvalue weighted by Crippen LogP contribution is -2.20. The molecular formula is C10H12BrNO4S. The molecule has 0 saturated carbocycles. The highest BCUT2D eigenvalue weighted by Gasteiger charge is 2.23. The standard InChI is InChI=1S/C10H12BrNO4S/c1-6(2)16-10(13)7-4-3-5-8(11)9(7)17(12,14)15/h3-6H,1-2H3,(H2,12,14,15). The van der Waals surface area contributed by atoms with Crippen molar-refractivity contribution < 1.29 is 17.9 Å². The van der Waals surface area contributed by atoms with Crippen molar-refractivity contribution in [1.29, 1.82) is 0 Å². The number of hydrogen-bond donors (Lipinski definition) is 1. The van der Waals surface area contributed by atoms with Crippen molar-refractivity contribution in [1.82, 2.24) is 0 Å². The molecule has 0 aliphatic carbocycles. The predicted octanol–water partition coefficient (Wildman–Crippen LogP) is 1.66. The van der Waals surface area contributed by atoms with Gasteiger partial charge in [0.05, 0.1) is 11.7 Å². The van der Waals surface area contributed by atoms with E-state index in [9.17, 15) is 13.2 Å². The molecule has 7 heteroatoms. The lowest BCUT2D eigenvalue weighted by Gasteiger charge is -2.11. The van der Waals surface area contributed by atoms with Crippen LogP contribution in [0.4, 0.5) is 0 Å². The van der Waals surface area contributed by atoms with E-state index in [-0.39, 0.29) is 21.0 Å². The first-order valence-electron chi connectivity index (χ1n) is 4.75. The Morgan fingerprint density at radius 1 is 1.41 bits per heavy atom. The van der Waals surface area contributed by atoms with E-state index in [4.69, 9.17) is 9.88 Å². The van der Waals surface area contributed by atoms with E-state index in [1.54, 1.807) is 13.8 Å². The van der Waals surface area contributed by atoms with Crippen LogP contribution in [0.2, 0.25) is 0 Å². The molecule has 0 atom stereocenters. The van der Waals surface area contributed by atoms with Crippen molar-refractivity contribution in [3.63, 3.8) is 0 Å². The van der Waals surface area contributed by atoms with Gasteiger partial charge in [0.2, 0.25) is 10.0 Å². The maximum atomic E-state index is 11.7. The third-order valence-corrected chi connectivity index (χ3v) is 3.75. The summed E-state index contributed by atoms with van der Waals surface area (Å²) in [7, 11) is -3.99. The third-order valence-electron chi connectivity index (χ3n) is 1.81. The Hall–Kier alpha value is -0.920. The number of carbonyl (C=O) groups is 1. The lowest BCUT2D eigenvalue weighted by atomic mass is 10.2. The number of nitrogens with two attached hydrogens (primary N) is 1. The minimum atomic E-state index is -3.99. The van der Waals surface area contributed by atoms with Gasteiger partial charge in [-0.25, -0.2) is 18.4 Å². The van der Waals surface area contributed by atoms with E-state index >= 15 is 0 Å². The van der Waals surface area contributed by atoms with E-state index < -0.39 is 16.0 Å². The Morgan fingerprint density at radius 2 is 2.00 bits per heavy atom. The van der Waals surface area contributed by atoms with E-state index in [2.05, 4.69) is 15.9 Å². The summed E-state index contributed by atoms with van der Waals surface area (Å²) in [5.74, 6) is -0.717. The van der Waals surface area contributed by atoms with Crippen LogP contribution in [0.1, 0.15) is 24.2 Å². The molecule has 0 aliphatic heterocycles. The van der Waals surface area contributed by atoms with E-state index in [1.807, 2.05) is 0 Å². The molecule has 1 rings (SSSR count). The van der Waals surface area contributed by atoms with Crippen molar-refractivity contribution in [2.45, 2.75) is 24.8 Å². The molecule has 0 amide bonds. The Kier molecular flexibility index (Phi) is 4.29. The number of rotatable bonds is 3. The first kappa shape index (κ1) is 14.1. The largest absolute Gasteiger partial charge is 0.459 e. The Bertz CT molecular complexity index is 539. The SMILES string of the molecule is CC(C)OC(=O)c1cccc(Br)c1S(N)(=O)=O. The summed E-state index contributed by atoms with van der Waals surface area (Å²) in [5.41, 5.74) is -0.0735. The van der Waals surface area contributed by atoms with Crippen LogP contribution in [0.25, 0.3) is 0 Å². The van der Waals surface area contributed by atoms with Gasteiger partial charge in [0.1, 0.15) is 4.90 Å². The summed E-state index contributed by atoms with van der Waals surface area (Å²) in [6.07, 6.45) is -0.338. The molecule has 0 fully saturated rings. The molecule has 1 aromatic rings. The summed E-state index contributed by atoms with van der Waals surface area (Å²) in [4.78, 5) is 11.5. The summed E-state index contributed by atoms with van der Waals surface area (Å²) >= 11 is 3.05. The second kappa shape index (κ2) is 5.16. The number of esters is 1. The number of sulfonamides is 1. The topological polar surface area (TPSA) is 86.5 Å². The fourth-order valence-corrected chi connectivity index (χ4v) is 3.08. The zero-order valence-corrected chi connectivity index (χ0v) is 11.7. The van der Waals surface area contributed by atoms with E-state index in [0.29, 0.717) is 0 Å². The van der Waals surface area contributed by atoms with Crippen molar-refractivity contribution in [2.24, 2.45) is 5.14 Å². The molecule has 0 radical (unpaired) electrons. The normalized spacial score (nSPS) is 11.6. The van der Waals surface area contributed by atoms with E-state index in [0.717, 1.165) is 0 Å². The van der Waals surface area contributed by atoms with Gasteiger partial charge in [-0.1, -0.05) is 6.07 Å². The van der Waals surface area contributed by atoms with Crippen LogP contribution in [0.3, 0.4) is 0 Å². The Balaban J connectivity index is 3.35. The van der Waals surface area contributed by atoms with Crippen LogP contribution >= 0.6 is 15.9 Å². The summed E-state index contributed by atoms with van der Waals surface area (Å²) in [6.45, 7) is 3.35. The zero-order valence-electron chi connectivity index (χ0n) is 9.31. The molecular weight excluding hydrogens is 310 g/mol. The highest BCUT2D eigenvalue weighted by Crippen LogP contribution is 2.25. The fraction of sp³-hybridized carbons (Fsp3) is 0.300. The van der Waals surface area contributed by atoms with Gasteiger partial charge < -0.3 is 4.74 Å². The van der Waals surface area contributed by atoms with Gasteiger partial charge in [-0.05, 0) is 41.9 Å². The van der Waals surface area contributed by atoms with Crippen LogP contribution in [-0.4, -0.2) is 20.5 Å². The number of ether oxygens (including phenoxy) is 1. The lowest BCUT2D eigenvalue weighted by molar-refractivity contribution is 0.0373. The van der Waals surface area contributed by atoms with Gasteiger partial charge in [0.25, 0.3) is 0 Å². The molecule has 0 aliphatic rings. The molecule has 0 unspecified atom stereocenters. The summed E-state index contributed by atoms with van der Waals surface area (Å²) in [5, 5.41) is 5.06. The summed E-state index contributed by atoms with van der Waals surface area (Å²) < 4.78 is 28.0. The highest BCUT2D eigenvalue weighted by atomic mass is 79.9. The van der Waals surface area contributed by atoms with Gasteiger partial charge in [0, 0.05) is 4.47 Å². The van der Waals surface area contributed by atoms with Crippen molar-refractivity contribution >= 4 is 31.9 Å². The van der Waals surface area contributed by atoms with Crippen molar-refractivity contribution in [3.05, 3.63) is 28.2 Å². The molecule has 17 heavy (non-hydrogen) atoms. The fourth-order valence-electron chi connectivity index (χ4n) is 1.24. The average molecular weight is 322 g/mol. The maximum Gasteiger partial charge on any atom is 0.339 e. The number of hydrogen-bond acceptors (Lipinski definition) is 4. The molecule has 2 N–H and O–H groups in total. The summed E-state index contributed by atoms with van der Waals surface area (Å²) in [6, 6.07) is 4.39. The first-order valence-corrected chi connectivity index (χ1v) is 7.09. The smallest absolute Gasteiger partial charge is 0.339 e. The van der Waals surface area contributed by atoms with Gasteiger partial charge in [0.15, 0.2) is 0 Å². The molecule has 0 aromatic heterocycles. The van der Waals surface area contributed by atoms with Crippen LogP contribution < -0.4 is 5.14 Å². The minimum Gasteiger partial charge on any atom is -0.459 e. The molecule has 94 valence electrons. The van der Waals surface area contributed by atoms with Crippen molar-refractivity contribution in [3.8, 4) is 0 Å². The number of halogens is 1. The van der Waals surface area contributed by atoms with Gasteiger partial charge in [-0.2, -0.15) is 0 Å². The average Bonchev–Trinajstić information content (AvgIpc) is 2.14. The number of primary sulfonamides is 1. The van der Waals surface area contributed by atoms with E-state index in [1.165, 1.54) is 18.2 Å². The second-order valence-electron chi connectivity index (χ2n) is 3.62. The first-order chi connectivity index (χ1) is 7.73. The number of carbonyl (C=O) groups excluding carboxylic acids is 1. The van der Waals surface area contributed by atoms with Gasteiger partial charge in [-0.3, -0.25) is 0 Å². The van der Waals surface area contributed by atoms with Crippen LogP contribution in [0, 0.1) is 0 Å². The molecule has 0 bridgehead atoms. The third kappa shape index (κ3) is 3.52. The molecule has 1 aromatic carbocycles. The minimum absolute atomic E-state index is 0.0735. The van der Waals surface area contributed by atoms with Crippen LogP contribution in [0.5, 0.6) is 0 Å². The van der Waals surface area contributed by atoms with Gasteiger partial charge >= 0.3 is 5.97 Å². The molecule has 0 heterocycles. The maximum absolute atomic E-state index is 11.7.